The quantitative estimate of drug-likeness (QED) is 0.889. The minimum Gasteiger partial charge on any atom is -0.326 e. The maximum absolute atomic E-state index is 4.55. The Morgan fingerprint density at radius 1 is 1.21 bits per heavy atom. The maximum Gasteiger partial charge on any atom is 0.0961 e. The summed E-state index contributed by atoms with van der Waals surface area (Å²) in [5.41, 5.74) is 4.98. The van der Waals surface area contributed by atoms with Gasteiger partial charge in [0.05, 0.1) is 17.4 Å². The van der Waals surface area contributed by atoms with Crippen LogP contribution in [0.5, 0.6) is 0 Å². The van der Waals surface area contributed by atoms with Crippen LogP contribution in [-0.2, 0) is 0 Å². The van der Waals surface area contributed by atoms with E-state index in [0.717, 1.165) is 18.5 Å². The van der Waals surface area contributed by atoms with Crippen LogP contribution in [0.3, 0.4) is 0 Å². The fourth-order valence-corrected chi connectivity index (χ4v) is 2.72. The predicted octanol–water partition coefficient (Wildman–Crippen LogP) is 3.60. The molecule has 0 saturated carbocycles. The first kappa shape index (κ1) is 14.1. The van der Waals surface area contributed by atoms with E-state index in [1.54, 1.807) is 0 Å². The van der Waals surface area contributed by atoms with Crippen LogP contribution in [-0.4, -0.2) is 22.1 Å². The number of imidazole rings is 1. The number of nitrogens with one attached hydrogen (secondary N) is 1. The second kappa shape index (κ2) is 5.74. The van der Waals surface area contributed by atoms with E-state index in [-0.39, 0.29) is 0 Å². The van der Waals surface area contributed by atoms with Crippen LogP contribution in [0.15, 0.2) is 18.5 Å². The van der Waals surface area contributed by atoms with Crippen molar-refractivity contribution in [1.82, 2.24) is 14.9 Å². The van der Waals surface area contributed by atoms with E-state index >= 15 is 0 Å². The van der Waals surface area contributed by atoms with Crippen molar-refractivity contribution in [1.29, 1.82) is 0 Å². The Balaban J connectivity index is 2.42. The predicted molar refractivity (Wildman–Crippen MR) is 81.7 cm³/mol. The van der Waals surface area contributed by atoms with Crippen LogP contribution in [0.25, 0.3) is 11.0 Å². The molecule has 2 atom stereocenters. The summed E-state index contributed by atoms with van der Waals surface area (Å²) >= 11 is 0. The van der Waals surface area contributed by atoms with Crippen molar-refractivity contribution < 1.29 is 0 Å². The minimum absolute atomic E-state index is 0.414. The van der Waals surface area contributed by atoms with Crippen LogP contribution in [0.4, 0.5) is 0 Å². The maximum atomic E-state index is 4.55. The molecular weight excluding hydrogens is 234 g/mol. The Morgan fingerprint density at radius 2 is 1.89 bits per heavy atom. The molecule has 1 aromatic heterocycles. The monoisotopic (exact) mass is 259 g/mol. The third-order valence-electron chi connectivity index (χ3n) is 4.12. The molecule has 2 unspecified atom stereocenters. The average Bonchev–Trinajstić information content (AvgIpc) is 2.78. The summed E-state index contributed by atoms with van der Waals surface area (Å²) in [5.74, 6) is 0. The molecule has 104 valence electrons. The lowest BCUT2D eigenvalue weighted by atomic mass is 10.1. The third kappa shape index (κ3) is 2.66. The fourth-order valence-electron chi connectivity index (χ4n) is 2.72. The second-order valence-electron chi connectivity index (χ2n) is 5.39. The normalized spacial score (nSPS) is 14.8. The first-order valence-electron chi connectivity index (χ1n) is 7.25. The van der Waals surface area contributed by atoms with E-state index in [1.165, 1.54) is 16.6 Å². The number of hydrogen-bond donors (Lipinski definition) is 1. The highest BCUT2D eigenvalue weighted by atomic mass is 15.1. The van der Waals surface area contributed by atoms with E-state index in [4.69, 9.17) is 0 Å². The summed E-state index contributed by atoms with van der Waals surface area (Å²) in [6.07, 6.45) is 3.10. The topological polar surface area (TPSA) is 29.9 Å². The zero-order chi connectivity index (χ0) is 14.0. The average molecular weight is 259 g/mol. The Kier molecular flexibility index (Phi) is 4.25. The lowest BCUT2D eigenvalue weighted by Gasteiger charge is -2.25. The van der Waals surface area contributed by atoms with Crippen LogP contribution >= 0.6 is 0 Å². The smallest absolute Gasteiger partial charge is 0.0961 e. The number of fused-ring (bicyclic) bond motifs is 1. The molecule has 0 bridgehead atoms. The minimum atomic E-state index is 0.414. The molecule has 3 heteroatoms. The van der Waals surface area contributed by atoms with E-state index in [2.05, 4.69) is 61.6 Å². The van der Waals surface area contributed by atoms with E-state index < -0.39 is 0 Å². The summed E-state index contributed by atoms with van der Waals surface area (Å²) in [6, 6.07) is 5.34. The summed E-state index contributed by atoms with van der Waals surface area (Å²) < 4.78 is 2.30. The van der Waals surface area contributed by atoms with Crippen molar-refractivity contribution >= 4 is 11.0 Å². The van der Waals surface area contributed by atoms with Gasteiger partial charge < -0.3 is 9.88 Å². The number of rotatable bonds is 5. The van der Waals surface area contributed by atoms with Crippen molar-refractivity contribution in [2.75, 3.05) is 6.54 Å². The van der Waals surface area contributed by atoms with Crippen molar-refractivity contribution in [3.05, 3.63) is 29.6 Å². The summed E-state index contributed by atoms with van der Waals surface area (Å²) in [6.45, 7) is 12.0. The second-order valence-corrected chi connectivity index (χ2v) is 5.39. The molecule has 2 rings (SSSR count). The number of likely N-dealkylation sites (N-methyl/N-ethyl adjacent to an activating group) is 1. The van der Waals surface area contributed by atoms with Crippen LogP contribution in [0.2, 0.25) is 0 Å². The third-order valence-corrected chi connectivity index (χ3v) is 4.12. The Hall–Kier alpha value is -1.35. The molecule has 0 amide bonds. The van der Waals surface area contributed by atoms with Gasteiger partial charge in [-0.25, -0.2) is 4.98 Å². The summed E-state index contributed by atoms with van der Waals surface area (Å²) in [5, 5.41) is 3.56. The number of hydrogen-bond acceptors (Lipinski definition) is 2. The van der Waals surface area contributed by atoms with Crippen LogP contribution in [0.1, 0.15) is 44.4 Å². The highest BCUT2D eigenvalue weighted by molar-refractivity contribution is 5.77. The lowest BCUT2D eigenvalue weighted by molar-refractivity contribution is 0.373. The lowest BCUT2D eigenvalue weighted by Crippen LogP contribution is -2.35. The van der Waals surface area contributed by atoms with Gasteiger partial charge in [-0.15, -0.1) is 0 Å². The standard InChI is InChI=1S/C16H25N3/c1-6-14(17-7-2)13(5)19-10-18-15-8-11(3)12(4)9-16(15)19/h8-10,13-14,17H,6-7H2,1-5H3. The molecule has 19 heavy (non-hydrogen) atoms. The van der Waals surface area contributed by atoms with Gasteiger partial charge in [-0.05, 0) is 57.0 Å². The van der Waals surface area contributed by atoms with Crippen molar-refractivity contribution in [3.63, 3.8) is 0 Å². The zero-order valence-corrected chi connectivity index (χ0v) is 12.7. The van der Waals surface area contributed by atoms with Crippen molar-refractivity contribution in [2.24, 2.45) is 0 Å². The van der Waals surface area contributed by atoms with Gasteiger partial charge in [0.1, 0.15) is 0 Å². The molecule has 3 nitrogen and oxygen atoms in total. The number of aromatic nitrogens is 2. The van der Waals surface area contributed by atoms with Gasteiger partial charge in [0.25, 0.3) is 0 Å². The molecule has 0 radical (unpaired) electrons. The van der Waals surface area contributed by atoms with Gasteiger partial charge in [0, 0.05) is 12.1 Å². The first-order valence-corrected chi connectivity index (χ1v) is 7.25. The van der Waals surface area contributed by atoms with E-state index in [1.807, 2.05) is 6.33 Å². The molecule has 1 heterocycles. The number of nitrogens with zero attached hydrogens (tertiary/aromatic N) is 2. The molecule has 1 N–H and O–H groups in total. The molecule has 0 spiro atoms. The molecule has 2 aromatic rings. The summed E-state index contributed by atoms with van der Waals surface area (Å²) in [4.78, 5) is 4.55. The van der Waals surface area contributed by atoms with Crippen molar-refractivity contribution in [3.8, 4) is 0 Å². The highest BCUT2D eigenvalue weighted by Gasteiger charge is 2.18. The van der Waals surface area contributed by atoms with Gasteiger partial charge in [-0.2, -0.15) is 0 Å². The van der Waals surface area contributed by atoms with E-state index in [9.17, 15) is 0 Å². The highest BCUT2D eigenvalue weighted by Crippen LogP contribution is 2.23. The number of aryl methyl sites for hydroxylation is 2. The van der Waals surface area contributed by atoms with Gasteiger partial charge in [-0.3, -0.25) is 0 Å². The molecular formula is C16H25N3. The molecule has 0 aliphatic heterocycles. The van der Waals surface area contributed by atoms with Gasteiger partial charge >= 0.3 is 0 Å². The molecule has 0 aliphatic carbocycles. The van der Waals surface area contributed by atoms with Crippen molar-refractivity contribution in [2.45, 2.75) is 53.1 Å². The Labute approximate surface area is 116 Å². The molecule has 1 aromatic carbocycles. The molecule has 0 saturated heterocycles. The van der Waals surface area contributed by atoms with Crippen LogP contribution in [0, 0.1) is 13.8 Å². The van der Waals surface area contributed by atoms with Gasteiger partial charge in [0.15, 0.2) is 0 Å². The fraction of sp³-hybridized carbons (Fsp3) is 0.562. The zero-order valence-electron chi connectivity index (χ0n) is 12.7. The number of benzene rings is 1. The molecule has 0 aliphatic rings. The SMILES string of the molecule is CCNC(CC)C(C)n1cnc2cc(C)c(C)cc21. The van der Waals surface area contributed by atoms with Gasteiger partial charge in [-0.1, -0.05) is 13.8 Å². The van der Waals surface area contributed by atoms with Crippen LogP contribution < -0.4 is 5.32 Å². The Morgan fingerprint density at radius 3 is 2.53 bits per heavy atom. The largest absolute Gasteiger partial charge is 0.326 e. The summed E-state index contributed by atoms with van der Waals surface area (Å²) in [7, 11) is 0. The molecule has 0 fully saturated rings. The van der Waals surface area contributed by atoms with Gasteiger partial charge in [0.2, 0.25) is 0 Å². The van der Waals surface area contributed by atoms with E-state index in [0.29, 0.717) is 12.1 Å². The first-order chi connectivity index (χ1) is 9.08. The Bertz CT molecular complexity index is 556.